The van der Waals surface area contributed by atoms with E-state index in [0.717, 1.165) is 11.3 Å². The van der Waals surface area contributed by atoms with E-state index in [1.165, 1.54) is 17.3 Å². The summed E-state index contributed by atoms with van der Waals surface area (Å²) in [6.07, 6.45) is 4.70. The number of allylic oxidation sites excluding steroid dienone is 2. The molecule has 2 aliphatic rings. The highest BCUT2D eigenvalue weighted by atomic mass is 32.2. The van der Waals surface area contributed by atoms with Gasteiger partial charge in [0.15, 0.2) is 0 Å². The maximum atomic E-state index is 13.0. The number of carbonyl (C=O) groups is 1. The number of thioether (sulfide) groups is 1. The van der Waals surface area contributed by atoms with Crippen molar-refractivity contribution >= 4 is 23.5 Å². The van der Waals surface area contributed by atoms with E-state index in [1.54, 1.807) is 0 Å². The van der Waals surface area contributed by atoms with Crippen molar-refractivity contribution in [3.05, 3.63) is 47.2 Å². The third-order valence-corrected chi connectivity index (χ3v) is 5.44. The van der Waals surface area contributed by atoms with Gasteiger partial charge in [-0.3, -0.25) is 4.79 Å². The molecule has 0 fully saturated rings. The van der Waals surface area contributed by atoms with Gasteiger partial charge in [0.1, 0.15) is 5.78 Å². The number of nitrogens with zero attached hydrogens (tertiary/aromatic N) is 3. The van der Waals surface area contributed by atoms with E-state index in [1.807, 2.05) is 10.9 Å². The first-order valence-corrected chi connectivity index (χ1v) is 9.70. The van der Waals surface area contributed by atoms with Gasteiger partial charge in [0.25, 0.3) is 0 Å². The lowest BCUT2D eigenvalue weighted by atomic mass is 9.72. The molecule has 0 radical (unpaired) electrons. The molecule has 0 saturated heterocycles. The van der Waals surface area contributed by atoms with Crippen LogP contribution in [0, 0.1) is 18.3 Å². The Morgan fingerprint density at radius 1 is 1.28 bits per heavy atom. The topological polar surface area (TPSA) is 59.8 Å². The van der Waals surface area contributed by atoms with Gasteiger partial charge < -0.3 is 5.32 Å². The number of ketones is 1. The second kappa shape index (κ2) is 5.73. The van der Waals surface area contributed by atoms with Crippen LogP contribution >= 0.6 is 11.8 Å². The average Bonchev–Trinajstić information content (AvgIpc) is 2.95. The van der Waals surface area contributed by atoms with Crippen LogP contribution in [0.5, 0.6) is 0 Å². The standard InChI is InChI=1S/C19H22N4OS/c1-11-5-7-12(8-6-11)16-15-13(9-19(2,3)10-14(15)24)20-17-21-18(25-4)22-23(16)17/h5-9,15-16H,10H2,1-4H3,(H,20,21,22)/t15-,16-/m0/s1. The Hall–Kier alpha value is -2.08. The molecule has 1 aromatic heterocycles. The number of Topliss-reactive ketones (excluding diaryl/α,β-unsaturated/α-hetero) is 1. The van der Waals surface area contributed by atoms with E-state index >= 15 is 0 Å². The summed E-state index contributed by atoms with van der Waals surface area (Å²) in [6, 6.07) is 8.22. The number of fused-ring (bicyclic) bond motifs is 2. The number of aromatic nitrogens is 3. The molecule has 6 heteroatoms. The molecule has 0 amide bonds. The normalized spacial score (nSPS) is 24.2. The minimum absolute atomic E-state index is 0.141. The Morgan fingerprint density at radius 2 is 2.00 bits per heavy atom. The average molecular weight is 354 g/mol. The third-order valence-electron chi connectivity index (χ3n) is 4.91. The zero-order valence-electron chi connectivity index (χ0n) is 14.9. The molecule has 0 bridgehead atoms. The molecule has 1 aromatic carbocycles. The van der Waals surface area contributed by atoms with Crippen LogP contribution in [0.2, 0.25) is 0 Å². The van der Waals surface area contributed by atoms with Gasteiger partial charge in [0.05, 0.1) is 12.0 Å². The number of carbonyl (C=O) groups excluding carboxylic acids is 1. The third kappa shape index (κ3) is 2.78. The van der Waals surface area contributed by atoms with Crippen LogP contribution in [0.15, 0.2) is 41.2 Å². The Bertz CT molecular complexity index is 866. The van der Waals surface area contributed by atoms with E-state index in [2.05, 4.69) is 66.5 Å². The molecule has 0 unspecified atom stereocenters. The molecule has 25 heavy (non-hydrogen) atoms. The van der Waals surface area contributed by atoms with E-state index in [4.69, 9.17) is 0 Å². The predicted molar refractivity (Wildman–Crippen MR) is 99.7 cm³/mol. The van der Waals surface area contributed by atoms with E-state index in [-0.39, 0.29) is 23.2 Å². The summed E-state index contributed by atoms with van der Waals surface area (Å²) in [4.78, 5) is 17.6. The van der Waals surface area contributed by atoms with Crippen molar-refractivity contribution in [3.63, 3.8) is 0 Å². The van der Waals surface area contributed by atoms with Crippen LogP contribution in [0.25, 0.3) is 0 Å². The molecule has 2 heterocycles. The molecule has 0 saturated carbocycles. The van der Waals surface area contributed by atoms with Crippen LogP contribution in [0.3, 0.4) is 0 Å². The monoisotopic (exact) mass is 354 g/mol. The van der Waals surface area contributed by atoms with Crippen LogP contribution in [-0.4, -0.2) is 26.8 Å². The van der Waals surface area contributed by atoms with Crippen LogP contribution < -0.4 is 5.32 Å². The van der Waals surface area contributed by atoms with Crippen molar-refractivity contribution < 1.29 is 4.79 Å². The number of benzene rings is 1. The summed E-state index contributed by atoms with van der Waals surface area (Å²) in [5.74, 6) is 0.731. The fourth-order valence-electron chi connectivity index (χ4n) is 3.79. The van der Waals surface area contributed by atoms with Gasteiger partial charge in [0.2, 0.25) is 11.1 Å². The largest absolute Gasteiger partial charge is 0.328 e. The minimum atomic E-state index is -0.236. The van der Waals surface area contributed by atoms with Crippen LogP contribution in [-0.2, 0) is 4.79 Å². The van der Waals surface area contributed by atoms with Gasteiger partial charge in [-0.05, 0) is 24.2 Å². The number of anilines is 1. The van der Waals surface area contributed by atoms with E-state index in [9.17, 15) is 4.79 Å². The second-order valence-corrected chi connectivity index (χ2v) is 8.33. The lowest BCUT2D eigenvalue weighted by Crippen LogP contribution is -2.42. The zero-order valence-corrected chi connectivity index (χ0v) is 15.7. The molecule has 5 nitrogen and oxygen atoms in total. The van der Waals surface area contributed by atoms with Crippen molar-refractivity contribution in [3.8, 4) is 0 Å². The highest BCUT2D eigenvalue weighted by Crippen LogP contribution is 2.45. The van der Waals surface area contributed by atoms with Gasteiger partial charge in [-0.2, -0.15) is 4.98 Å². The quantitative estimate of drug-likeness (QED) is 0.831. The molecule has 130 valence electrons. The molecule has 2 aromatic rings. The maximum Gasteiger partial charge on any atom is 0.227 e. The van der Waals surface area contributed by atoms with Crippen molar-refractivity contribution in [1.82, 2.24) is 14.8 Å². The van der Waals surface area contributed by atoms with Crippen molar-refractivity contribution in [1.29, 1.82) is 0 Å². The summed E-state index contributed by atoms with van der Waals surface area (Å²) in [6.45, 7) is 6.27. The summed E-state index contributed by atoms with van der Waals surface area (Å²) >= 11 is 1.51. The molecule has 1 aliphatic heterocycles. The lowest BCUT2D eigenvalue weighted by Gasteiger charge is -2.40. The van der Waals surface area contributed by atoms with Crippen molar-refractivity contribution in [2.75, 3.05) is 11.6 Å². The predicted octanol–water partition coefficient (Wildman–Crippen LogP) is 3.82. The number of hydrogen-bond acceptors (Lipinski definition) is 5. The van der Waals surface area contributed by atoms with Gasteiger partial charge in [-0.1, -0.05) is 61.5 Å². The highest BCUT2D eigenvalue weighted by molar-refractivity contribution is 7.98. The van der Waals surface area contributed by atoms with Gasteiger partial charge in [-0.25, -0.2) is 4.68 Å². The fourth-order valence-corrected chi connectivity index (χ4v) is 4.14. The number of aryl methyl sites for hydroxylation is 1. The SMILES string of the molecule is CSc1nc2n(n1)[C@@H](c1ccc(C)cc1)[C@@H]1C(=O)CC(C)(C)C=C1N2. The molecule has 4 rings (SSSR count). The number of nitrogens with one attached hydrogen (secondary N) is 1. The van der Waals surface area contributed by atoms with Crippen LogP contribution in [0.4, 0.5) is 5.95 Å². The number of hydrogen-bond donors (Lipinski definition) is 1. The first kappa shape index (κ1) is 16.4. The Labute approximate surface area is 151 Å². The molecular formula is C19H22N4OS. The fraction of sp³-hybridized carbons (Fsp3) is 0.421. The summed E-state index contributed by atoms with van der Waals surface area (Å²) in [7, 11) is 0. The first-order chi connectivity index (χ1) is 11.9. The van der Waals surface area contributed by atoms with Crippen LogP contribution in [0.1, 0.15) is 37.4 Å². The van der Waals surface area contributed by atoms with E-state index < -0.39 is 0 Å². The first-order valence-electron chi connectivity index (χ1n) is 8.47. The van der Waals surface area contributed by atoms with Gasteiger partial charge >= 0.3 is 0 Å². The molecule has 2 atom stereocenters. The lowest BCUT2D eigenvalue weighted by molar-refractivity contribution is -0.125. The van der Waals surface area contributed by atoms with Crippen molar-refractivity contribution in [2.45, 2.75) is 38.4 Å². The highest BCUT2D eigenvalue weighted by Gasteiger charge is 2.44. The zero-order chi connectivity index (χ0) is 17.8. The smallest absolute Gasteiger partial charge is 0.227 e. The van der Waals surface area contributed by atoms with Crippen molar-refractivity contribution in [2.24, 2.45) is 11.3 Å². The Balaban J connectivity index is 1.90. The summed E-state index contributed by atoms with van der Waals surface area (Å²) in [5, 5.41) is 8.72. The molecule has 1 N–H and O–H groups in total. The van der Waals surface area contributed by atoms with E-state index in [0.29, 0.717) is 17.5 Å². The Kier molecular flexibility index (Phi) is 3.76. The minimum Gasteiger partial charge on any atom is -0.328 e. The Morgan fingerprint density at radius 3 is 2.68 bits per heavy atom. The molecule has 1 aliphatic carbocycles. The summed E-state index contributed by atoms with van der Waals surface area (Å²) < 4.78 is 1.88. The van der Waals surface area contributed by atoms with Gasteiger partial charge in [-0.15, -0.1) is 5.10 Å². The molecular weight excluding hydrogens is 332 g/mol. The molecule has 0 spiro atoms. The maximum absolute atomic E-state index is 13.0. The van der Waals surface area contributed by atoms with Gasteiger partial charge in [0, 0.05) is 12.1 Å². The number of rotatable bonds is 2. The summed E-state index contributed by atoms with van der Waals surface area (Å²) in [5.41, 5.74) is 3.11. The second-order valence-electron chi connectivity index (χ2n) is 7.56.